The molecule has 0 radical (unpaired) electrons. The van der Waals surface area contributed by atoms with Crippen molar-refractivity contribution in [2.24, 2.45) is 5.92 Å². The summed E-state index contributed by atoms with van der Waals surface area (Å²) in [6.07, 6.45) is 6.49. The van der Waals surface area contributed by atoms with Crippen LogP contribution >= 0.6 is 0 Å². The maximum absolute atomic E-state index is 6.33. The van der Waals surface area contributed by atoms with Crippen LogP contribution in [-0.2, 0) is 9.47 Å². The third-order valence-corrected chi connectivity index (χ3v) is 4.14. The number of ether oxygens (including phenoxy) is 2. The molecule has 1 unspecified atom stereocenters. The Hall–Kier alpha value is -0.120. The van der Waals surface area contributed by atoms with Crippen LogP contribution in [0.2, 0.25) is 0 Å². The van der Waals surface area contributed by atoms with Crippen molar-refractivity contribution in [1.29, 1.82) is 0 Å². The van der Waals surface area contributed by atoms with E-state index >= 15 is 0 Å². The van der Waals surface area contributed by atoms with Gasteiger partial charge in [0.1, 0.15) is 0 Å². The molecule has 0 amide bonds. The first-order chi connectivity index (χ1) is 8.65. The number of hydrogen-bond acceptors (Lipinski definition) is 3. The van der Waals surface area contributed by atoms with E-state index in [1.54, 1.807) is 7.11 Å². The van der Waals surface area contributed by atoms with Crippen LogP contribution in [0, 0.1) is 5.92 Å². The smallest absolute Gasteiger partial charge is 0.0811 e. The summed E-state index contributed by atoms with van der Waals surface area (Å²) in [5.74, 6) is 0.904. The minimum absolute atomic E-state index is 0.0413. The quantitative estimate of drug-likeness (QED) is 0.725. The molecule has 18 heavy (non-hydrogen) atoms. The van der Waals surface area contributed by atoms with Crippen LogP contribution in [0.25, 0.3) is 0 Å². The summed E-state index contributed by atoms with van der Waals surface area (Å²) in [4.78, 5) is 0. The standard InChI is InChI=1S/C15H31NO2/c1-5-14-7-9-15(10-8-14,12-16-6-2)18-13(3)11-17-4/h13-14,16H,5-12H2,1-4H3. The van der Waals surface area contributed by atoms with Gasteiger partial charge in [-0.1, -0.05) is 20.3 Å². The van der Waals surface area contributed by atoms with Gasteiger partial charge < -0.3 is 14.8 Å². The maximum atomic E-state index is 6.33. The molecule has 1 atom stereocenters. The van der Waals surface area contributed by atoms with Gasteiger partial charge in [0.2, 0.25) is 0 Å². The summed E-state index contributed by atoms with van der Waals surface area (Å²) in [5.41, 5.74) is 0.0413. The van der Waals surface area contributed by atoms with Gasteiger partial charge in [-0.3, -0.25) is 0 Å². The van der Waals surface area contributed by atoms with Crippen LogP contribution in [0.15, 0.2) is 0 Å². The Kier molecular flexibility index (Phi) is 7.20. The number of likely N-dealkylation sites (N-methyl/N-ethyl adjacent to an activating group) is 1. The highest BCUT2D eigenvalue weighted by molar-refractivity contribution is 4.89. The van der Waals surface area contributed by atoms with E-state index in [0.717, 1.165) is 19.0 Å². The lowest BCUT2D eigenvalue weighted by molar-refractivity contribution is -0.127. The summed E-state index contributed by atoms with van der Waals surface area (Å²) in [6.45, 7) is 9.25. The van der Waals surface area contributed by atoms with Gasteiger partial charge in [0.05, 0.1) is 18.3 Å². The number of hydrogen-bond donors (Lipinski definition) is 1. The van der Waals surface area contributed by atoms with E-state index in [4.69, 9.17) is 9.47 Å². The topological polar surface area (TPSA) is 30.5 Å². The molecule has 1 aliphatic carbocycles. The summed E-state index contributed by atoms with van der Waals surface area (Å²) in [5, 5.41) is 3.47. The largest absolute Gasteiger partial charge is 0.382 e. The van der Waals surface area contributed by atoms with E-state index in [-0.39, 0.29) is 11.7 Å². The molecule has 1 N–H and O–H groups in total. The van der Waals surface area contributed by atoms with Gasteiger partial charge in [0.25, 0.3) is 0 Å². The third kappa shape index (κ3) is 4.87. The predicted octanol–water partition coefficient (Wildman–Crippen LogP) is 2.99. The summed E-state index contributed by atoms with van der Waals surface area (Å²) in [7, 11) is 1.74. The third-order valence-electron chi connectivity index (χ3n) is 4.14. The molecule has 0 aliphatic heterocycles. The highest BCUT2D eigenvalue weighted by Gasteiger charge is 2.36. The molecule has 1 saturated carbocycles. The fourth-order valence-electron chi connectivity index (χ4n) is 3.00. The molecule has 3 nitrogen and oxygen atoms in total. The average Bonchev–Trinajstić information content (AvgIpc) is 2.38. The van der Waals surface area contributed by atoms with Crippen molar-refractivity contribution in [2.75, 3.05) is 26.8 Å². The first-order valence-electron chi connectivity index (χ1n) is 7.53. The molecule has 3 heteroatoms. The zero-order valence-electron chi connectivity index (χ0n) is 12.6. The molecule has 1 rings (SSSR count). The molecule has 0 bridgehead atoms. The second-order valence-electron chi connectivity index (χ2n) is 5.70. The number of nitrogens with one attached hydrogen (secondary N) is 1. The minimum atomic E-state index is 0.0413. The van der Waals surface area contributed by atoms with E-state index in [9.17, 15) is 0 Å². The predicted molar refractivity (Wildman–Crippen MR) is 75.9 cm³/mol. The second kappa shape index (κ2) is 8.13. The average molecular weight is 257 g/mol. The molecule has 108 valence electrons. The lowest BCUT2D eigenvalue weighted by atomic mass is 9.77. The molecule has 0 aromatic rings. The maximum Gasteiger partial charge on any atom is 0.0811 e. The van der Waals surface area contributed by atoms with E-state index in [0.29, 0.717) is 6.61 Å². The molecule has 0 aromatic carbocycles. The van der Waals surface area contributed by atoms with E-state index in [1.165, 1.54) is 32.1 Å². The molecular weight excluding hydrogens is 226 g/mol. The Morgan fingerprint density at radius 2 is 1.94 bits per heavy atom. The highest BCUT2D eigenvalue weighted by atomic mass is 16.5. The monoisotopic (exact) mass is 257 g/mol. The molecule has 0 heterocycles. The van der Waals surface area contributed by atoms with Crippen LogP contribution in [0.1, 0.15) is 52.9 Å². The summed E-state index contributed by atoms with van der Waals surface area (Å²) < 4.78 is 11.5. The Morgan fingerprint density at radius 3 is 2.44 bits per heavy atom. The van der Waals surface area contributed by atoms with Gasteiger partial charge in [-0.2, -0.15) is 0 Å². The van der Waals surface area contributed by atoms with Gasteiger partial charge in [0, 0.05) is 13.7 Å². The Balaban J connectivity index is 2.53. The van der Waals surface area contributed by atoms with Crippen molar-refractivity contribution in [3.05, 3.63) is 0 Å². The summed E-state index contributed by atoms with van der Waals surface area (Å²) >= 11 is 0. The fraction of sp³-hybridized carbons (Fsp3) is 1.00. The van der Waals surface area contributed by atoms with Crippen molar-refractivity contribution in [3.8, 4) is 0 Å². The number of methoxy groups -OCH3 is 1. The van der Waals surface area contributed by atoms with Gasteiger partial charge in [-0.05, 0) is 45.1 Å². The van der Waals surface area contributed by atoms with Gasteiger partial charge in [0.15, 0.2) is 0 Å². The van der Waals surface area contributed by atoms with E-state index in [2.05, 4.69) is 26.1 Å². The van der Waals surface area contributed by atoms with Crippen LogP contribution in [0.3, 0.4) is 0 Å². The lowest BCUT2D eigenvalue weighted by Gasteiger charge is -2.42. The molecule has 1 fully saturated rings. The molecule has 0 saturated heterocycles. The summed E-state index contributed by atoms with van der Waals surface area (Å²) in [6, 6.07) is 0. The van der Waals surface area contributed by atoms with Crippen molar-refractivity contribution in [1.82, 2.24) is 5.32 Å². The van der Waals surface area contributed by atoms with E-state index < -0.39 is 0 Å². The Morgan fingerprint density at radius 1 is 1.28 bits per heavy atom. The van der Waals surface area contributed by atoms with Crippen molar-refractivity contribution in [2.45, 2.75) is 64.6 Å². The van der Waals surface area contributed by atoms with Gasteiger partial charge >= 0.3 is 0 Å². The van der Waals surface area contributed by atoms with Gasteiger partial charge in [-0.15, -0.1) is 0 Å². The van der Waals surface area contributed by atoms with Crippen LogP contribution in [0.4, 0.5) is 0 Å². The van der Waals surface area contributed by atoms with Crippen LogP contribution in [0.5, 0.6) is 0 Å². The zero-order valence-corrected chi connectivity index (χ0v) is 12.6. The van der Waals surface area contributed by atoms with Gasteiger partial charge in [-0.25, -0.2) is 0 Å². The van der Waals surface area contributed by atoms with E-state index in [1.807, 2.05) is 0 Å². The SMILES string of the molecule is CCNCC1(OC(C)COC)CCC(CC)CC1. The Labute approximate surface area is 113 Å². The Bertz CT molecular complexity index is 213. The molecule has 1 aliphatic rings. The normalized spacial score (nSPS) is 30.3. The molecular formula is C15H31NO2. The van der Waals surface area contributed by atoms with Crippen LogP contribution in [-0.4, -0.2) is 38.5 Å². The second-order valence-corrected chi connectivity index (χ2v) is 5.70. The van der Waals surface area contributed by atoms with Crippen molar-refractivity contribution in [3.63, 3.8) is 0 Å². The van der Waals surface area contributed by atoms with Crippen molar-refractivity contribution < 1.29 is 9.47 Å². The first-order valence-corrected chi connectivity index (χ1v) is 7.53. The molecule has 0 aromatic heterocycles. The fourth-order valence-corrected chi connectivity index (χ4v) is 3.00. The lowest BCUT2D eigenvalue weighted by Crippen LogP contribution is -2.48. The highest BCUT2D eigenvalue weighted by Crippen LogP contribution is 2.36. The number of rotatable bonds is 8. The molecule has 0 spiro atoms. The zero-order chi connectivity index (χ0) is 13.4. The minimum Gasteiger partial charge on any atom is -0.382 e. The van der Waals surface area contributed by atoms with Crippen molar-refractivity contribution >= 4 is 0 Å². The van der Waals surface area contributed by atoms with Crippen LogP contribution < -0.4 is 5.32 Å². The first kappa shape index (κ1) is 15.9.